The Hall–Kier alpha value is -2.03. The minimum Gasteiger partial charge on any atom is -0.447 e. The van der Waals surface area contributed by atoms with Crippen LogP contribution in [0.1, 0.15) is 6.92 Å². The van der Waals surface area contributed by atoms with E-state index < -0.39 is 12.1 Å². The molecule has 1 amide bonds. The number of carbonyl (C=O) groups is 2. The van der Waals surface area contributed by atoms with E-state index in [9.17, 15) is 9.59 Å². The van der Waals surface area contributed by atoms with Gasteiger partial charge in [0.15, 0.2) is 5.70 Å². The van der Waals surface area contributed by atoms with E-state index in [1.165, 1.54) is 6.92 Å². The van der Waals surface area contributed by atoms with Crippen molar-refractivity contribution in [1.82, 2.24) is 4.90 Å². The van der Waals surface area contributed by atoms with Gasteiger partial charge in [-0.15, -0.1) is 0 Å². The third-order valence-electron chi connectivity index (χ3n) is 1.50. The van der Waals surface area contributed by atoms with E-state index >= 15 is 0 Å². The predicted molar refractivity (Wildman–Crippen MR) is 43.5 cm³/mol. The Labute approximate surface area is 80.3 Å². The minimum atomic E-state index is -0.607. The summed E-state index contributed by atoms with van der Waals surface area (Å²) in [7, 11) is 0. The van der Waals surface area contributed by atoms with Gasteiger partial charge in [0.05, 0.1) is 6.54 Å². The van der Waals surface area contributed by atoms with Gasteiger partial charge in [-0.2, -0.15) is 5.26 Å². The van der Waals surface area contributed by atoms with E-state index in [0.29, 0.717) is 6.54 Å². The van der Waals surface area contributed by atoms with Gasteiger partial charge in [-0.1, -0.05) is 0 Å². The largest absolute Gasteiger partial charge is 0.447 e. The lowest BCUT2D eigenvalue weighted by Crippen LogP contribution is -2.23. The number of esters is 1. The van der Waals surface area contributed by atoms with Crippen LogP contribution in [0, 0.1) is 11.3 Å². The normalized spacial score (nSPS) is 16.1. The maximum absolute atomic E-state index is 11.0. The molecule has 0 N–H and O–H groups in total. The van der Waals surface area contributed by atoms with Gasteiger partial charge in [0.2, 0.25) is 0 Å². The van der Waals surface area contributed by atoms with Gasteiger partial charge in [-0.25, -0.2) is 4.79 Å². The monoisotopic (exact) mass is 196 g/mol. The van der Waals surface area contributed by atoms with Gasteiger partial charge in [-0.3, -0.25) is 9.69 Å². The Kier molecular flexibility index (Phi) is 3.07. The predicted octanol–water partition coefficient (Wildman–Crippen LogP) is 0.367. The molecular weight excluding hydrogens is 188 g/mol. The Morgan fingerprint density at radius 3 is 2.93 bits per heavy atom. The molecular formula is C8H8N2O4. The maximum atomic E-state index is 11.0. The van der Waals surface area contributed by atoms with Crippen molar-refractivity contribution >= 4 is 12.1 Å². The Morgan fingerprint density at radius 2 is 2.50 bits per heavy atom. The Balaban J connectivity index is 2.71. The van der Waals surface area contributed by atoms with Crippen LogP contribution in [0.25, 0.3) is 0 Å². The highest BCUT2D eigenvalue weighted by atomic mass is 16.6. The number of hydrogen-bond acceptors (Lipinski definition) is 5. The van der Waals surface area contributed by atoms with E-state index in [-0.39, 0.29) is 12.3 Å². The van der Waals surface area contributed by atoms with Crippen LogP contribution in [-0.2, 0) is 14.3 Å². The number of nitrogens with zero attached hydrogens (tertiary/aromatic N) is 2. The molecule has 1 saturated heterocycles. The lowest BCUT2D eigenvalue weighted by molar-refractivity contribution is -0.135. The first-order valence-corrected chi connectivity index (χ1v) is 3.87. The molecule has 6 nitrogen and oxygen atoms in total. The number of ether oxygens (including phenoxy) is 2. The first kappa shape index (κ1) is 10.1. The number of rotatable bonds is 2. The number of allylic oxidation sites excluding steroid dienone is 1. The molecule has 1 rings (SSSR count). The van der Waals surface area contributed by atoms with Crippen molar-refractivity contribution < 1.29 is 19.1 Å². The van der Waals surface area contributed by atoms with E-state index in [4.69, 9.17) is 5.26 Å². The van der Waals surface area contributed by atoms with Gasteiger partial charge in [0.1, 0.15) is 18.9 Å². The second-order valence-corrected chi connectivity index (χ2v) is 2.49. The van der Waals surface area contributed by atoms with Crippen LogP contribution in [0.3, 0.4) is 0 Å². The lowest BCUT2D eigenvalue weighted by atomic mass is 10.4. The zero-order valence-electron chi connectivity index (χ0n) is 7.52. The van der Waals surface area contributed by atoms with Crippen LogP contribution in [0.5, 0.6) is 0 Å². The zero-order chi connectivity index (χ0) is 10.6. The van der Waals surface area contributed by atoms with Gasteiger partial charge in [0.25, 0.3) is 0 Å². The summed E-state index contributed by atoms with van der Waals surface area (Å²) < 4.78 is 9.09. The summed E-state index contributed by atoms with van der Waals surface area (Å²) in [5.41, 5.74) is -0.0392. The molecule has 1 fully saturated rings. The number of cyclic esters (lactones) is 1. The molecule has 74 valence electrons. The minimum absolute atomic E-state index is 0.0392. The standard InChI is InChI=1S/C8H8N2O4/c1-6(11)14-5-7(4-9)10-2-3-13-8(10)12/h5H,2-3H2,1H3/b7-5+. The van der Waals surface area contributed by atoms with Gasteiger partial charge < -0.3 is 9.47 Å². The summed E-state index contributed by atoms with van der Waals surface area (Å²) in [6, 6.07) is 1.74. The molecule has 1 aliphatic rings. The van der Waals surface area contributed by atoms with Crippen molar-refractivity contribution in [1.29, 1.82) is 5.26 Å². The molecule has 6 heteroatoms. The number of hydrogen-bond donors (Lipinski definition) is 0. The first-order chi connectivity index (χ1) is 6.65. The summed E-state index contributed by atoms with van der Waals surface area (Å²) in [6.45, 7) is 1.73. The highest BCUT2D eigenvalue weighted by Gasteiger charge is 2.25. The lowest BCUT2D eigenvalue weighted by Gasteiger charge is -2.09. The third kappa shape index (κ3) is 2.23. The fourth-order valence-electron chi connectivity index (χ4n) is 0.901. The maximum Gasteiger partial charge on any atom is 0.415 e. The molecule has 0 aromatic rings. The summed E-state index contributed by atoms with van der Waals surface area (Å²) >= 11 is 0. The van der Waals surface area contributed by atoms with Crippen LogP contribution < -0.4 is 0 Å². The molecule has 0 unspecified atom stereocenters. The highest BCUT2D eigenvalue weighted by Crippen LogP contribution is 2.11. The van der Waals surface area contributed by atoms with Crippen molar-refractivity contribution in [3.63, 3.8) is 0 Å². The third-order valence-corrected chi connectivity index (χ3v) is 1.50. The Bertz CT molecular complexity index is 329. The molecule has 1 aliphatic heterocycles. The quantitative estimate of drug-likeness (QED) is 0.362. The second-order valence-electron chi connectivity index (χ2n) is 2.49. The van der Waals surface area contributed by atoms with Crippen LogP contribution in [-0.4, -0.2) is 30.1 Å². The Morgan fingerprint density at radius 1 is 1.79 bits per heavy atom. The van der Waals surface area contributed by atoms with E-state index in [0.717, 1.165) is 11.2 Å². The topological polar surface area (TPSA) is 79.6 Å². The second kappa shape index (κ2) is 4.28. The van der Waals surface area contributed by atoms with Crippen LogP contribution in [0.15, 0.2) is 12.0 Å². The average Bonchev–Trinajstić information content (AvgIpc) is 2.53. The summed E-state index contributed by atoms with van der Waals surface area (Å²) in [5.74, 6) is -0.551. The van der Waals surface area contributed by atoms with Gasteiger partial charge >= 0.3 is 12.1 Å². The van der Waals surface area contributed by atoms with E-state index in [1.807, 2.05) is 0 Å². The first-order valence-electron chi connectivity index (χ1n) is 3.87. The molecule has 14 heavy (non-hydrogen) atoms. The van der Waals surface area contributed by atoms with Crippen molar-refractivity contribution in [3.05, 3.63) is 12.0 Å². The van der Waals surface area contributed by atoms with E-state index in [1.54, 1.807) is 6.07 Å². The van der Waals surface area contributed by atoms with Gasteiger partial charge in [0, 0.05) is 6.92 Å². The fourth-order valence-corrected chi connectivity index (χ4v) is 0.901. The van der Waals surface area contributed by atoms with E-state index in [2.05, 4.69) is 9.47 Å². The molecule has 0 aromatic heterocycles. The molecule has 0 aliphatic carbocycles. The van der Waals surface area contributed by atoms with Crippen molar-refractivity contribution in [3.8, 4) is 6.07 Å². The molecule has 0 saturated carbocycles. The number of carbonyl (C=O) groups excluding carboxylic acids is 2. The van der Waals surface area contributed by atoms with Crippen LogP contribution >= 0.6 is 0 Å². The molecule has 1 heterocycles. The van der Waals surface area contributed by atoms with Crippen molar-refractivity contribution in [2.75, 3.05) is 13.2 Å². The summed E-state index contributed by atoms with van der Waals surface area (Å²) in [6.07, 6.45) is 0.333. The number of nitriles is 1. The van der Waals surface area contributed by atoms with Gasteiger partial charge in [-0.05, 0) is 0 Å². The zero-order valence-corrected chi connectivity index (χ0v) is 7.52. The summed E-state index contributed by atoms with van der Waals surface area (Å²) in [5, 5.41) is 8.66. The van der Waals surface area contributed by atoms with Crippen LogP contribution in [0.4, 0.5) is 4.79 Å². The number of amides is 1. The average molecular weight is 196 g/mol. The van der Waals surface area contributed by atoms with Crippen LogP contribution in [0.2, 0.25) is 0 Å². The molecule has 0 bridgehead atoms. The summed E-state index contributed by atoms with van der Waals surface area (Å²) in [4.78, 5) is 22.5. The van der Waals surface area contributed by atoms with Crippen molar-refractivity contribution in [2.45, 2.75) is 6.92 Å². The molecule has 0 spiro atoms. The SMILES string of the molecule is CC(=O)O/C=C(\C#N)N1CCOC1=O. The fraction of sp³-hybridized carbons (Fsp3) is 0.375. The smallest absolute Gasteiger partial charge is 0.415 e. The van der Waals surface area contributed by atoms with Crippen molar-refractivity contribution in [2.24, 2.45) is 0 Å². The molecule has 0 atom stereocenters. The molecule has 0 radical (unpaired) electrons. The highest BCUT2D eigenvalue weighted by molar-refractivity contribution is 5.73. The molecule has 0 aromatic carbocycles.